The molecule has 0 aromatic heterocycles. The summed E-state index contributed by atoms with van der Waals surface area (Å²) in [5.74, 6) is -1.42. The molecule has 7 nitrogen and oxygen atoms in total. The Morgan fingerprint density at radius 1 is 1.25 bits per heavy atom. The van der Waals surface area contributed by atoms with Gasteiger partial charge in [0.2, 0.25) is 11.8 Å². The van der Waals surface area contributed by atoms with Crippen LogP contribution >= 0.6 is 0 Å². The van der Waals surface area contributed by atoms with E-state index in [2.05, 4.69) is 0 Å². The molecule has 0 radical (unpaired) electrons. The predicted octanol–water partition coefficient (Wildman–Crippen LogP) is 1.27. The molecule has 1 saturated heterocycles. The molecule has 2 amide bonds. The van der Waals surface area contributed by atoms with Gasteiger partial charge in [-0.3, -0.25) is 14.4 Å². The number of rotatable bonds is 6. The lowest BCUT2D eigenvalue weighted by Crippen LogP contribution is -2.47. The van der Waals surface area contributed by atoms with Crippen LogP contribution in [0.5, 0.6) is 5.75 Å². The minimum Gasteiger partial charge on any atom is -0.493 e. The predicted molar refractivity (Wildman–Crippen MR) is 86.6 cm³/mol. The number of carboxylic acids is 1. The van der Waals surface area contributed by atoms with Crippen LogP contribution in [-0.2, 0) is 9.59 Å². The highest BCUT2D eigenvalue weighted by Crippen LogP contribution is 2.23. The van der Waals surface area contributed by atoms with Gasteiger partial charge in [0.05, 0.1) is 18.9 Å². The fourth-order valence-electron chi connectivity index (χ4n) is 2.77. The first kappa shape index (κ1) is 17.8. The minimum atomic E-state index is -0.856. The molecule has 2 unspecified atom stereocenters. The second-order valence-corrected chi connectivity index (χ2v) is 5.99. The number of likely N-dealkylation sites (tertiary alicyclic amines) is 1. The zero-order valence-electron chi connectivity index (χ0n) is 13.6. The lowest BCUT2D eigenvalue weighted by molar-refractivity contribution is -0.147. The molecule has 1 aromatic carbocycles. The van der Waals surface area contributed by atoms with E-state index in [0.717, 1.165) is 0 Å². The summed E-state index contributed by atoms with van der Waals surface area (Å²) in [5.41, 5.74) is 5.55. The number of piperidine rings is 1. The van der Waals surface area contributed by atoms with Gasteiger partial charge in [-0.2, -0.15) is 0 Å². The molecule has 0 saturated carbocycles. The van der Waals surface area contributed by atoms with Crippen LogP contribution in [0.1, 0.15) is 36.5 Å². The summed E-state index contributed by atoms with van der Waals surface area (Å²) < 4.78 is 5.50. The number of aliphatic carboxylic acids is 1. The molecule has 1 fully saturated rings. The SMILES string of the molecule is CC1CCC(C(=O)O)CN1C(=O)CCOc1ccc(C(N)=O)cc1. The molecule has 7 heteroatoms. The van der Waals surface area contributed by atoms with Gasteiger partial charge in [-0.25, -0.2) is 0 Å². The summed E-state index contributed by atoms with van der Waals surface area (Å²) in [4.78, 5) is 36.0. The molecule has 1 aliphatic heterocycles. The highest BCUT2D eigenvalue weighted by atomic mass is 16.5. The number of carbonyl (C=O) groups excluding carboxylic acids is 2. The fraction of sp³-hybridized carbons (Fsp3) is 0.471. The number of benzene rings is 1. The summed E-state index contributed by atoms with van der Waals surface area (Å²) in [6, 6.07) is 6.40. The molecule has 0 bridgehead atoms. The van der Waals surface area contributed by atoms with Gasteiger partial charge in [0.1, 0.15) is 5.75 Å². The van der Waals surface area contributed by atoms with Crippen molar-refractivity contribution in [1.29, 1.82) is 0 Å². The second kappa shape index (κ2) is 7.81. The summed E-state index contributed by atoms with van der Waals surface area (Å²) in [6.45, 7) is 2.37. The highest BCUT2D eigenvalue weighted by molar-refractivity contribution is 5.92. The third kappa shape index (κ3) is 4.47. The number of primary amides is 1. The van der Waals surface area contributed by atoms with Crippen molar-refractivity contribution in [3.05, 3.63) is 29.8 Å². The molecule has 0 aliphatic carbocycles. The van der Waals surface area contributed by atoms with Gasteiger partial charge >= 0.3 is 5.97 Å². The molecular formula is C17H22N2O5. The highest BCUT2D eigenvalue weighted by Gasteiger charge is 2.32. The van der Waals surface area contributed by atoms with E-state index < -0.39 is 17.8 Å². The van der Waals surface area contributed by atoms with Crippen molar-refractivity contribution >= 4 is 17.8 Å². The maximum absolute atomic E-state index is 12.3. The molecule has 1 aromatic rings. The van der Waals surface area contributed by atoms with Gasteiger partial charge in [0.15, 0.2) is 0 Å². The number of nitrogens with zero attached hydrogens (tertiary/aromatic N) is 1. The first-order valence-electron chi connectivity index (χ1n) is 7.93. The van der Waals surface area contributed by atoms with E-state index >= 15 is 0 Å². The van der Waals surface area contributed by atoms with Gasteiger partial charge in [0, 0.05) is 18.2 Å². The Balaban J connectivity index is 1.83. The monoisotopic (exact) mass is 334 g/mol. The third-order valence-electron chi connectivity index (χ3n) is 4.28. The number of amides is 2. The summed E-state index contributed by atoms with van der Waals surface area (Å²) in [7, 11) is 0. The van der Waals surface area contributed by atoms with Crippen LogP contribution in [0, 0.1) is 5.92 Å². The molecule has 1 aliphatic rings. The van der Waals surface area contributed by atoms with Crippen molar-refractivity contribution in [2.45, 2.75) is 32.2 Å². The molecule has 24 heavy (non-hydrogen) atoms. The van der Waals surface area contributed by atoms with E-state index in [1.807, 2.05) is 6.92 Å². The quantitative estimate of drug-likeness (QED) is 0.814. The lowest BCUT2D eigenvalue weighted by Gasteiger charge is -2.36. The number of carbonyl (C=O) groups is 3. The van der Waals surface area contributed by atoms with Crippen molar-refractivity contribution in [1.82, 2.24) is 4.90 Å². The Bertz CT molecular complexity index is 614. The van der Waals surface area contributed by atoms with E-state index in [-0.39, 0.29) is 31.5 Å². The van der Waals surface area contributed by atoms with Crippen molar-refractivity contribution in [3.63, 3.8) is 0 Å². The van der Waals surface area contributed by atoms with Crippen LogP contribution in [0.4, 0.5) is 0 Å². The van der Waals surface area contributed by atoms with Crippen LogP contribution in [0.2, 0.25) is 0 Å². The number of carboxylic acid groups (broad SMARTS) is 1. The van der Waals surface area contributed by atoms with Crippen LogP contribution < -0.4 is 10.5 Å². The van der Waals surface area contributed by atoms with E-state index in [4.69, 9.17) is 15.6 Å². The van der Waals surface area contributed by atoms with E-state index in [9.17, 15) is 14.4 Å². The number of nitrogens with two attached hydrogens (primary N) is 1. The number of hydrogen-bond donors (Lipinski definition) is 2. The fourth-order valence-corrected chi connectivity index (χ4v) is 2.77. The van der Waals surface area contributed by atoms with Crippen molar-refractivity contribution < 1.29 is 24.2 Å². The van der Waals surface area contributed by atoms with E-state index in [0.29, 0.717) is 24.2 Å². The standard InChI is InChI=1S/C17H22N2O5/c1-11-2-3-13(17(22)23)10-19(11)15(20)8-9-24-14-6-4-12(5-7-14)16(18)21/h4-7,11,13H,2-3,8-10H2,1H3,(H2,18,21)(H,22,23). The minimum absolute atomic E-state index is 0.0444. The molecule has 2 atom stereocenters. The largest absolute Gasteiger partial charge is 0.493 e. The maximum Gasteiger partial charge on any atom is 0.308 e. The Labute approximate surface area is 140 Å². The molecule has 0 spiro atoms. The Hall–Kier alpha value is -2.57. The molecule has 130 valence electrons. The van der Waals surface area contributed by atoms with E-state index in [1.54, 1.807) is 29.2 Å². The van der Waals surface area contributed by atoms with Gasteiger partial charge in [-0.05, 0) is 44.0 Å². The van der Waals surface area contributed by atoms with Gasteiger partial charge in [-0.15, -0.1) is 0 Å². The van der Waals surface area contributed by atoms with E-state index in [1.165, 1.54) is 0 Å². The van der Waals surface area contributed by atoms with Crippen molar-refractivity contribution in [3.8, 4) is 5.75 Å². The Morgan fingerprint density at radius 2 is 1.92 bits per heavy atom. The van der Waals surface area contributed by atoms with Gasteiger partial charge in [-0.1, -0.05) is 0 Å². The average molecular weight is 334 g/mol. The first-order valence-corrected chi connectivity index (χ1v) is 7.93. The molecular weight excluding hydrogens is 312 g/mol. The maximum atomic E-state index is 12.3. The third-order valence-corrected chi connectivity index (χ3v) is 4.28. The Morgan fingerprint density at radius 3 is 2.50 bits per heavy atom. The normalized spacial score (nSPS) is 20.5. The van der Waals surface area contributed by atoms with Crippen LogP contribution in [0.15, 0.2) is 24.3 Å². The van der Waals surface area contributed by atoms with Crippen LogP contribution in [0.25, 0.3) is 0 Å². The Kier molecular flexibility index (Phi) is 5.78. The number of hydrogen-bond acceptors (Lipinski definition) is 4. The van der Waals surface area contributed by atoms with Crippen LogP contribution in [0.3, 0.4) is 0 Å². The van der Waals surface area contributed by atoms with Crippen molar-refractivity contribution in [2.24, 2.45) is 11.7 Å². The topological polar surface area (TPSA) is 110 Å². The summed E-state index contributed by atoms with van der Waals surface area (Å²) in [6.07, 6.45) is 1.47. The zero-order chi connectivity index (χ0) is 17.7. The summed E-state index contributed by atoms with van der Waals surface area (Å²) >= 11 is 0. The van der Waals surface area contributed by atoms with Crippen LogP contribution in [-0.4, -0.2) is 47.0 Å². The molecule has 1 heterocycles. The molecule has 3 N–H and O–H groups in total. The van der Waals surface area contributed by atoms with Crippen molar-refractivity contribution in [2.75, 3.05) is 13.2 Å². The second-order valence-electron chi connectivity index (χ2n) is 5.99. The molecule has 2 rings (SSSR count). The van der Waals surface area contributed by atoms with Gasteiger partial charge in [0.25, 0.3) is 0 Å². The first-order chi connectivity index (χ1) is 11.4. The summed E-state index contributed by atoms with van der Waals surface area (Å²) in [5, 5.41) is 9.11. The van der Waals surface area contributed by atoms with Gasteiger partial charge < -0.3 is 20.5 Å². The smallest absolute Gasteiger partial charge is 0.308 e. The average Bonchev–Trinajstić information content (AvgIpc) is 2.55. The lowest BCUT2D eigenvalue weighted by atomic mass is 9.93. The number of ether oxygens (including phenoxy) is 1. The zero-order valence-corrected chi connectivity index (χ0v) is 13.6.